The molecule has 37 heavy (non-hydrogen) atoms. The van der Waals surface area contributed by atoms with E-state index in [9.17, 15) is 19.5 Å². The Kier molecular flexibility index (Phi) is 7.63. The number of phenols is 1. The van der Waals surface area contributed by atoms with Gasteiger partial charge in [-0.05, 0) is 61.0 Å². The van der Waals surface area contributed by atoms with Gasteiger partial charge in [0.2, 0.25) is 5.78 Å². The summed E-state index contributed by atoms with van der Waals surface area (Å²) >= 11 is 0. The first-order chi connectivity index (χ1) is 17.8. The SMILES string of the molecule is COc1cc2c(CC(C)=O)cnc(C(=O)c3ccc(C(=O)NCCc4ccc(C)cc4)cc3)c2cc1O. The van der Waals surface area contributed by atoms with Crippen molar-refractivity contribution in [3.8, 4) is 11.5 Å². The van der Waals surface area contributed by atoms with Crippen LogP contribution >= 0.6 is 0 Å². The lowest BCUT2D eigenvalue weighted by molar-refractivity contribution is -0.116. The average Bonchev–Trinajstić information content (AvgIpc) is 2.89. The maximum absolute atomic E-state index is 13.4. The molecule has 0 bridgehead atoms. The highest BCUT2D eigenvalue weighted by molar-refractivity contribution is 6.16. The molecule has 0 aliphatic carbocycles. The predicted molar refractivity (Wildman–Crippen MR) is 141 cm³/mol. The first-order valence-corrected chi connectivity index (χ1v) is 11.9. The summed E-state index contributed by atoms with van der Waals surface area (Å²) < 4.78 is 5.21. The third-order valence-electron chi connectivity index (χ3n) is 6.15. The Morgan fingerprint density at radius 3 is 2.27 bits per heavy atom. The molecule has 7 heteroatoms. The summed E-state index contributed by atoms with van der Waals surface area (Å²) in [7, 11) is 1.43. The Bertz CT molecular complexity index is 1480. The number of aromatic hydroxyl groups is 1. The Morgan fingerprint density at radius 2 is 1.62 bits per heavy atom. The molecule has 0 fully saturated rings. The molecule has 0 aliphatic rings. The summed E-state index contributed by atoms with van der Waals surface area (Å²) in [5, 5.41) is 14.3. The number of benzene rings is 3. The number of ether oxygens (including phenoxy) is 1. The molecule has 188 valence electrons. The second-order valence-corrected chi connectivity index (χ2v) is 8.98. The molecule has 0 saturated heterocycles. The fourth-order valence-electron chi connectivity index (χ4n) is 4.15. The van der Waals surface area contributed by atoms with Crippen LogP contribution in [0.3, 0.4) is 0 Å². The van der Waals surface area contributed by atoms with Gasteiger partial charge in [0, 0.05) is 35.7 Å². The van der Waals surface area contributed by atoms with Gasteiger partial charge in [-0.25, -0.2) is 0 Å². The number of amides is 1. The third-order valence-corrected chi connectivity index (χ3v) is 6.15. The van der Waals surface area contributed by atoms with E-state index in [1.165, 1.54) is 31.9 Å². The van der Waals surface area contributed by atoms with E-state index in [0.29, 0.717) is 34.0 Å². The molecule has 0 radical (unpaired) electrons. The Labute approximate surface area is 215 Å². The van der Waals surface area contributed by atoms with E-state index in [1.54, 1.807) is 30.3 Å². The summed E-state index contributed by atoms with van der Waals surface area (Å²) in [5.41, 5.74) is 3.89. The number of aromatic nitrogens is 1. The quantitative estimate of drug-likeness (QED) is 0.328. The fourth-order valence-corrected chi connectivity index (χ4v) is 4.15. The topological polar surface area (TPSA) is 106 Å². The van der Waals surface area contributed by atoms with Crippen LogP contribution in [0.15, 0.2) is 66.9 Å². The molecule has 3 aromatic carbocycles. The highest BCUT2D eigenvalue weighted by Crippen LogP contribution is 2.34. The minimum absolute atomic E-state index is 0.0538. The summed E-state index contributed by atoms with van der Waals surface area (Å²) in [4.78, 5) is 42.0. The van der Waals surface area contributed by atoms with Crippen LogP contribution in [0.1, 0.15) is 50.0 Å². The zero-order valence-electron chi connectivity index (χ0n) is 21.0. The number of rotatable bonds is 9. The molecule has 0 atom stereocenters. The number of pyridine rings is 1. The first kappa shape index (κ1) is 25.6. The van der Waals surface area contributed by atoms with E-state index in [0.717, 1.165) is 12.0 Å². The van der Waals surface area contributed by atoms with Crippen molar-refractivity contribution in [2.45, 2.75) is 26.7 Å². The number of carbonyl (C=O) groups excluding carboxylic acids is 3. The first-order valence-electron chi connectivity index (χ1n) is 11.9. The van der Waals surface area contributed by atoms with Crippen molar-refractivity contribution in [3.05, 3.63) is 100 Å². The molecule has 1 heterocycles. The summed E-state index contributed by atoms with van der Waals surface area (Å²) in [6.07, 6.45) is 2.36. The Morgan fingerprint density at radius 1 is 0.946 bits per heavy atom. The van der Waals surface area contributed by atoms with Gasteiger partial charge in [-0.1, -0.05) is 42.0 Å². The molecular formula is C30H28N2O5. The zero-order chi connectivity index (χ0) is 26.5. The van der Waals surface area contributed by atoms with Crippen LogP contribution in [0.4, 0.5) is 0 Å². The molecule has 0 spiro atoms. The second-order valence-electron chi connectivity index (χ2n) is 8.98. The maximum Gasteiger partial charge on any atom is 0.251 e. The van der Waals surface area contributed by atoms with Crippen molar-refractivity contribution in [1.82, 2.24) is 10.3 Å². The normalized spacial score (nSPS) is 10.8. The van der Waals surface area contributed by atoms with Gasteiger partial charge in [-0.2, -0.15) is 0 Å². The molecule has 4 aromatic rings. The van der Waals surface area contributed by atoms with E-state index in [-0.39, 0.29) is 41.1 Å². The van der Waals surface area contributed by atoms with Gasteiger partial charge in [0.25, 0.3) is 5.91 Å². The third kappa shape index (κ3) is 5.83. The molecule has 0 unspecified atom stereocenters. The molecular weight excluding hydrogens is 468 g/mol. The minimum atomic E-state index is -0.365. The highest BCUT2D eigenvalue weighted by atomic mass is 16.5. The fraction of sp³-hybridized carbons (Fsp3) is 0.200. The number of Topliss-reactive ketones (excluding diaryl/α,β-unsaturated/α-hetero) is 1. The number of nitrogens with zero attached hydrogens (tertiary/aromatic N) is 1. The molecule has 0 saturated carbocycles. The van der Waals surface area contributed by atoms with Crippen molar-refractivity contribution in [3.63, 3.8) is 0 Å². The smallest absolute Gasteiger partial charge is 0.251 e. The van der Waals surface area contributed by atoms with Crippen LogP contribution in [0, 0.1) is 6.92 Å². The van der Waals surface area contributed by atoms with Crippen molar-refractivity contribution in [2.75, 3.05) is 13.7 Å². The zero-order valence-corrected chi connectivity index (χ0v) is 21.0. The van der Waals surface area contributed by atoms with Crippen molar-refractivity contribution < 1.29 is 24.2 Å². The van der Waals surface area contributed by atoms with Crippen molar-refractivity contribution in [1.29, 1.82) is 0 Å². The molecule has 1 aromatic heterocycles. The van der Waals surface area contributed by atoms with E-state index in [4.69, 9.17) is 4.74 Å². The lowest BCUT2D eigenvalue weighted by Crippen LogP contribution is -2.25. The molecule has 1 amide bonds. The van der Waals surface area contributed by atoms with Gasteiger partial charge in [0.15, 0.2) is 11.5 Å². The van der Waals surface area contributed by atoms with Crippen molar-refractivity contribution >= 4 is 28.2 Å². The summed E-state index contributed by atoms with van der Waals surface area (Å²) in [6, 6.07) is 17.6. The predicted octanol–water partition coefficient (Wildman–Crippen LogP) is 4.59. The standard InChI is InChI=1S/C30H28N2O5/c1-18-4-6-20(7-5-18)12-13-31-30(36)22-10-8-21(9-11-22)29(35)28-25-15-26(34)27(37-3)16-24(25)23(17-32-28)14-19(2)33/h4-11,15-17,34H,12-14H2,1-3H3,(H,31,36). The highest BCUT2D eigenvalue weighted by Gasteiger charge is 2.19. The molecule has 7 nitrogen and oxygen atoms in total. The largest absolute Gasteiger partial charge is 0.504 e. The van der Waals surface area contributed by atoms with Gasteiger partial charge in [0.1, 0.15) is 11.5 Å². The van der Waals surface area contributed by atoms with Crippen LogP contribution in [-0.4, -0.2) is 41.2 Å². The van der Waals surface area contributed by atoms with Crippen LogP contribution in [0.5, 0.6) is 11.5 Å². The number of methoxy groups -OCH3 is 1. The number of fused-ring (bicyclic) bond motifs is 1. The second kappa shape index (κ2) is 11.0. The number of ketones is 2. The summed E-state index contributed by atoms with van der Waals surface area (Å²) in [6.45, 7) is 4.00. The van der Waals surface area contributed by atoms with Gasteiger partial charge < -0.3 is 15.2 Å². The van der Waals surface area contributed by atoms with Gasteiger partial charge in [-0.3, -0.25) is 19.4 Å². The monoisotopic (exact) mass is 496 g/mol. The Balaban J connectivity index is 1.53. The average molecular weight is 497 g/mol. The number of aryl methyl sites for hydroxylation is 1. The van der Waals surface area contributed by atoms with Crippen LogP contribution in [-0.2, 0) is 17.6 Å². The number of phenolic OH excluding ortho intramolecular Hbond substituents is 1. The van der Waals surface area contributed by atoms with E-state index < -0.39 is 0 Å². The molecule has 0 aliphatic heterocycles. The van der Waals surface area contributed by atoms with Gasteiger partial charge in [-0.15, -0.1) is 0 Å². The van der Waals surface area contributed by atoms with Gasteiger partial charge in [0.05, 0.1) is 7.11 Å². The van der Waals surface area contributed by atoms with E-state index >= 15 is 0 Å². The van der Waals surface area contributed by atoms with Crippen LogP contribution in [0.2, 0.25) is 0 Å². The maximum atomic E-state index is 13.4. The van der Waals surface area contributed by atoms with Crippen LogP contribution in [0.25, 0.3) is 10.8 Å². The lowest BCUT2D eigenvalue weighted by Gasteiger charge is -2.12. The molecule has 2 N–H and O–H groups in total. The summed E-state index contributed by atoms with van der Waals surface area (Å²) in [5.74, 6) is -0.541. The number of nitrogens with one attached hydrogen (secondary N) is 1. The van der Waals surface area contributed by atoms with Crippen LogP contribution < -0.4 is 10.1 Å². The molecule has 4 rings (SSSR count). The van der Waals surface area contributed by atoms with Gasteiger partial charge >= 0.3 is 0 Å². The lowest BCUT2D eigenvalue weighted by atomic mass is 9.97. The number of carbonyl (C=O) groups is 3. The minimum Gasteiger partial charge on any atom is -0.504 e. The Hall–Kier alpha value is -4.52. The van der Waals surface area contributed by atoms with E-state index in [2.05, 4.69) is 10.3 Å². The van der Waals surface area contributed by atoms with Crippen molar-refractivity contribution in [2.24, 2.45) is 0 Å². The number of hydrogen-bond acceptors (Lipinski definition) is 6. The van der Waals surface area contributed by atoms with E-state index in [1.807, 2.05) is 31.2 Å². The number of hydrogen-bond donors (Lipinski definition) is 2.